The van der Waals surface area contributed by atoms with Crippen molar-refractivity contribution in [3.8, 4) is 0 Å². The standard InChI is InChI=1S/C10H18O5/c1-10(2,3)6-15-9(13)7(14-4)5-8(11)12/h7H,5-6H2,1-4H3,(H,11,12). The van der Waals surface area contributed by atoms with E-state index in [1.165, 1.54) is 7.11 Å². The average molecular weight is 218 g/mol. The molecule has 5 heteroatoms. The Kier molecular flexibility index (Phi) is 5.28. The van der Waals surface area contributed by atoms with Crippen LogP contribution >= 0.6 is 0 Å². The summed E-state index contributed by atoms with van der Waals surface area (Å²) in [7, 11) is 1.28. The Labute approximate surface area is 89.4 Å². The molecule has 0 amide bonds. The second-order valence-electron chi connectivity index (χ2n) is 4.49. The maximum absolute atomic E-state index is 11.3. The molecule has 0 aromatic carbocycles. The molecular formula is C10H18O5. The summed E-state index contributed by atoms with van der Waals surface area (Å²) in [5.41, 5.74) is -0.142. The fraction of sp³-hybridized carbons (Fsp3) is 0.800. The summed E-state index contributed by atoms with van der Waals surface area (Å²) in [6.45, 7) is 5.99. The van der Waals surface area contributed by atoms with E-state index in [1.54, 1.807) is 0 Å². The summed E-state index contributed by atoms with van der Waals surface area (Å²) >= 11 is 0. The number of rotatable bonds is 5. The topological polar surface area (TPSA) is 72.8 Å². The number of carboxylic acid groups (broad SMARTS) is 1. The summed E-state index contributed by atoms with van der Waals surface area (Å²) < 4.78 is 9.67. The normalized spacial score (nSPS) is 13.3. The van der Waals surface area contributed by atoms with E-state index in [2.05, 4.69) is 0 Å². The van der Waals surface area contributed by atoms with Crippen molar-refractivity contribution in [2.24, 2.45) is 5.41 Å². The third kappa shape index (κ3) is 6.90. The number of methoxy groups -OCH3 is 1. The molecule has 0 aliphatic rings. The van der Waals surface area contributed by atoms with Crippen molar-refractivity contribution in [1.82, 2.24) is 0 Å². The van der Waals surface area contributed by atoms with E-state index in [0.29, 0.717) is 0 Å². The van der Waals surface area contributed by atoms with Gasteiger partial charge in [-0.2, -0.15) is 0 Å². The zero-order chi connectivity index (χ0) is 12.1. The molecule has 0 bridgehead atoms. The predicted octanol–water partition coefficient (Wildman–Crippen LogP) is 1.07. The molecule has 0 radical (unpaired) electrons. The summed E-state index contributed by atoms with van der Waals surface area (Å²) in [6.07, 6.45) is -1.40. The van der Waals surface area contributed by atoms with Crippen LogP contribution in [0.2, 0.25) is 0 Å². The number of hydrogen-bond acceptors (Lipinski definition) is 4. The van der Waals surface area contributed by atoms with Crippen molar-refractivity contribution in [2.75, 3.05) is 13.7 Å². The van der Waals surface area contributed by atoms with Crippen LogP contribution in [0.3, 0.4) is 0 Å². The van der Waals surface area contributed by atoms with Crippen LogP contribution in [0, 0.1) is 5.41 Å². The van der Waals surface area contributed by atoms with Crippen LogP contribution in [0.1, 0.15) is 27.2 Å². The number of carbonyl (C=O) groups is 2. The van der Waals surface area contributed by atoms with Crippen LogP contribution in [-0.2, 0) is 19.1 Å². The fourth-order valence-corrected chi connectivity index (χ4v) is 0.802. The van der Waals surface area contributed by atoms with Gasteiger partial charge in [0.2, 0.25) is 0 Å². The Hall–Kier alpha value is -1.10. The van der Waals surface area contributed by atoms with Gasteiger partial charge in [0.05, 0.1) is 13.0 Å². The molecule has 15 heavy (non-hydrogen) atoms. The van der Waals surface area contributed by atoms with Gasteiger partial charge in [0.15, 0.2) is 6.10 Å². The van der Waals surface area contributed by atoms with Gasteiger partial charge in [-0.15, -0.1) is 0 Å². The molecule has 0 rings (SSSR count). The van der Waals surface area contributed by atoms with Gasteiger partial charge in [-0.25, -0.2) is 4.79 Å². The molecule has 0 saturated heterocycles. The summed E-state index contributed by atoms with van der Waals surface area (Å²) in [5, 5.41) is 8.50. The second kappa shape index (κ2) is 5.70. The highest BCUT2D eigenvalue weighted by Crippen LogP contribution is 2.14. The molecule has 5 nitrogen and oxygen atoms in total. The van der Waals surface area contributed by atoms with Gasteiger partial charge in [0.25, 0.3) is 0 Å². The molecule has 0 saturated carbocycles. The van der Waals surface area contributed by atoms with E-state index < -0.39 is 18.0 Å². The van der Waals surface area contributed by atoms with Gasteiger partial charge >= 0.3 is 11.9 Å². The lowest BCUT2D eigenvalue weighted by molar-refractivity contribution is -0.162. The molecule has 0 aromatic heterocycles. The van der Waals surface area contributed by atoms with Gasteiger partial charge in [-0.3, -0.25) is 4.79 Å². The van der Waals surface area contributed by atoms with Gasteiger partial charge in [0, 0.05) is 7.11 Å². The molecule has 1 atom stereocenters. The third-order valence-electron chi connectivity index (χ3n) is 1.55. The van der Waals surface area contributed by atoms with E-state index in [4.69, 9.17) is 14.6 Å². The average Bonchev–Trinajstić information content (AvgIpc) is 2.08. The van der Waals surface area contributed by atoms with Gasteiger partial charge in [0.1, 0.15) is 0 Å². The van der Waals surface area contributed by atoms with Gasteiger partial charge in [-0.05, 0) is 5.41 Å². The highest BCUT2D eigenvalue weighted by Gasteiger charge is 2.24. The SMILES string of the molecule is COC(CC(=O)O)C(=O)OCC(C)(C)C. The molecule has 0 aromatic rings. The molecule has 88 valence electrons. The maximum atomic E-state index is 11.3. The number of hydrogen-bond donors (Lipinski definition) is 1. The number of aliphatic carboxylic acids is 1. The van der Waals surface area contributed by atoms with Gasteiger partial charge in [-0.1, -0.05) is 20.8 Å². The van der Waals surface area contributed by atoms with Crippen molar-refractivity contribution in [1.29, 1.82) is 0 Å². The van der Waals surface area contributed by atoms with E-state index in [1.807, 2.05) is 20.8 Å². The van der Waals surface area contributed by atoms with Crippen LogP contribution in [-0.4, -0.2) is 36.9 Å². The lowest BCUT2D eigenvalue weighted by Crippen LogP contribution is -2.30. The minimum absolute atomic E-state index is 0.142. The van der Waals surface area contributed by atoms with Crippen molar-refractivity contribution in [3.63, 3.8) is 0 Å². The molecule has 1 N–H and O–H groups in total. The molecule has 1 unspecified atom stereocenters. The lowest BCUT2D eigenvalue weighted by atomic mass is 9.99. The van der Waals surface area contributed by atoms with Crippen LogP contribution < -0.4 is 0 Å². The highest BCUT2D eigenvalue weighted by atomic mass is 16.6. The quantitative estimate of drug-likeness (QED) is 0.698. The minimum Gasteiger partial charge on any atom is -0.481 e. The van der Waals surface area contributed by atoms with Crippen LogP contribution in [0.25, 0.3) is 0 Å². The number of esters is 1. The first-order chi connectivity index (χ1) is 6.76. The van der Waals surface area contributed by atoms with Crippen molar-refractivity contribution < 1.29 is 24.2 Å². The molecule has 0 fully saturated rings. The van der Waals surface area contributed by atoms with Crippen LogP contribution in [0.5, 0.6) is 0 Å². The Bertz CT molecular complexity index is 228. The summed E-state index contributed by atoms with van der Waals surface area (Å²) in [4.78, 5) is 21.7. The lowest BCUT2D eigenvalue weighted by Gasteiger charge is -2.20. The Balaban J connectivity index is 4.11. The highest BCUT2D eigenvalue weighted by molar-refractivity contribution is 5.81. The number of ether oxygens (including phenoxy) is 2. The first-order valence-electron chi connectivity index (χ1n) is 4.67. The summed E-state index contributed by atoms with van der Waals surface area (Å²) in [6, 6.07) is 0. The minimum atomic E-state index is -1.09. The Morgan fingerprint density at radius 3 is 2.20 bits per heavy atom. The largest absolute Gasteiger partial charge is 0.481 e. The van der Waals surface area contributed by atoms with Crippen molar-refractivity contribution >= 4 is 11.9 Å². The first-order valence-corrected chi connectivity index (χ1v) is 4.67. The van der Waals surface area contributed by atoms with E-state index in [0.717, 1.165) is 0 Å². The van der Waals surface area contributed by atoms with Crippen molar-refractivity contribution in [2.45, 2.75) is 33.3 Å². The zero-order valence-corrected chi connectivity index (χ0v) is 9.57. The number of carbonyl (C=O) groups excluding carboxylic acids is 1. The third-order valence-corrected chi connectivity index (χ3v) is 1.55. The maximum Gasteiger partial charge on any atom is 0.335 e. The molecule has 0 spiro atoms. The number of carboxylic acids is 1. The molecule has 0 heterocycles. The van der Waals surface area contributed by atoms with Crippen LogP contribution in [0.4, 0.5) is 0 Å². The molecule has 0 aliphatic heterocycles. The smallest absolute Gasteiger partial charge is 0.335 e. The second-order valence-corrected chi connectivity index (χ2v) is 4.49. The first kappa shape index (κ1) is 13.9. The van der Waals surface area contributed by atoms with Crippen molar-refractivity contribution in [3.05, 3.63) is 0 Å². The summed E-state index contributed by atoms with van der Waals surface area (Å²) in [5.74, 6) is -1.72. The van der Waals surface area contributed by atoms with Gasteiger partial charge < -0.3 is 14.6 Å². The zero-order valence-electron chi connectivity index (χ0n) is 9.57. The Morgan fingerprint density at radius 1 is 1.33 bits per heavy atom. The van der Waals surface area contributed by atoms with E-state index in [-0.39, 0.29) is 18.4 Å². The van der Waals surface area contributed by atoms with E-state index >= 15 is 0 Å². The predicted molar refractivity (Wildman–Crippen MR) is 53.5 cm³/mol. The van der Waals surface area contributed by atoms with E-state index in [9.17, 15) is 9.59 Å². The molecular weight excluding hydrogens is 200 g/mol. The monoisotopic (exact) mass is 218 g/mol. The fourth-order valence-electron chi connectivity index (χ4n) is 0.802. The molecule has 0 aliphatic carbocycles. The van der Waals surface area contributed by atoms with Crippen LogP contribution in [0.15, 0.2) is 0 Å². The Morgan fingerprint density at radius 2 is 1.87 bits per heavy atom.